The van der Waals surface area contributed by atoms with E-state index in [0.29, 0.717) is 0 Å². The molecule has 0 heterocycles. The number of carbonyl (C=O) groups excluding carboxylic acids is 1. The van der Waals surface area contributed by atoms with Gasteiger partial charge in [-0.2, -0.15) is 5.26 Å². The van der Waals surface area contributed by atoms with Gasteiger partial charge in [-0.05, 0) is 13.0 Å². The highest BCUT2D eigenvalue weighted by Crippen LogP contribution is 2.28. The first-order chi connectivity index (χ1) is 9.49. The van der Waals surface area contributed by atoms with Crippen LogP contribution in [-0.2, 0) is 9.53 Å². The number of ether oxygens (including phenoxy) is 1. The molecule has 2 N–H and O–H groups in total. The molecule has 0 aromatic heterocycles. The summed E-state index contributed by atoms with van der Waals surface area (Å²) in [5, 5.41) is 31.3. The molecule has 1 aromatic rings. The standard InChI is InChI=1S/C12H11N3O5/c1-2-20-12(17)8(6-13)7-14-9-3-4-10(15(18)19)11(16)5-9/h3-5,7,14,16H,2H2,1H3/b8-7+. The van der Waals surface area contributed by atoms with Crippen molar-refractivity contribution in [2.45, 2.75) is 6.92 Å². The van der Waals surface area contributed by atoms with E-state index in [4.69, 9.17) is 5.26 Å². The van der Waals surface area contributed by atoms with Crippen molar-refractivity contribution in [1.29, 1.82) is 5.26 Å². The van der Waals surface area contributed by atoms with E-state index in [0.717, 1.165) is 18.3 Å². The Morgan fingerprint density at radius 3 is 2.85 bits per heavy atom. The highest BCUT2D eigenvalue weighted by atomic mass is 16.6. The summed E-state index contributed by atoms with van der Waals surface area (Å²) >= 11 is 0. The lowest BCUT2D eigenvalue weighted by Crippen LogP contribution is -2.07. The lowest BCUT2D eigenvalue weighted by atomic mass is 10.2. The molecule has 0 radical (unpaired) electrons. The molecule has 8 nitrogen and oxygen atoms in total. The van der Waals surface area contributed by atoms with Crippen LogP contribution in [0.4, 0.5) is 11.4 Å². The van der Waals surface area contributed by atoms with Gasteiger partial charge in [0.25, 0.3) is 0 Å². The van der Waals surface area contributed by atoms with Gasteiger partial charge in [0.15, 0.2) is 11.3 Å². The Bertz CT molecular complexity index is 604. The van der Waals surface area contributed by atoms with Gasteiger partial charge < -0.3 is 15.2 Å². The molecule has 0 saturated heterocycles. The molecule has 0 spiro atoms. The summed E-state index contributed by atoms with van der Waals surface area (Å²) in [6.45, 7) is 1.74. The zero-order valence-corrected chi connectivity index (χ0v) is 10.5. The van der Waals surface area contributed by atoms with Crippen LogP contribution in [0.3, 0.4) is 0 Å². The number of carbonyl (C=O) groups is 1. The number of aromatic hydroxyl groups is 1. The first-order valence-corrected chi connectivity index (χ1v) is 5.51. The van der Waals surface area contributed by atoms with E-state index in [1.54, 1.807) is 13.0 Å². The van der Waals surface area contributed by atoms with Crippen LogP contribution >= 0.6 is 0 Å². The Kier molecular flexibility index (Phi) is 5.05. The van der Waals surface area contributed by atoms with E-state index in [1.165, 1.54) is 6.07 Å². The smallest absolute Gasteiger partial charge is 0.350 e. The van der Waals surface area contributed by atoms with Gasteiger partial charge in [0, 0.05) is 24.0 Å². The number of nitrogens with one attached hydrogen (secondary N) is 1. The molecular formula is C12H11N3O5. The van der Waals surface area contributed by atoms with Gasteiger partial charge in [0.1, 0.15) is 6.07 Å². The second-order valence-electron chi connectivity index (χ2n) is 3.50. The SMILES string of the molecule is CCOC(=O)/C(C#N)=C/Nc1ccc([N+](=O)[O-])c(O)c1. The number of hydrogen-bond acceptors (Lipinski definition) is 7. The summed E-state index contributed by atoms with van der Waals surface area (Å²) < 4.78 is 4.65. The maximum absolute atomic E-state index is 11.3. The van der Waals surface area contributed by atoms with E-state index < -0.39 is 22.3 Å². The molecule has 0 aliphatic rings. The normalized spacial score (nSPS) is 10.5. The van der Waals surface area contributed by atoms with E-state index in [9.17, 15) is 20.0 Å². The number of nitro benzene ring substituents is 1. The van der Waals surface area contributed by atoms with Crippen molar-refractivity contribution in [1.82, 2.24) is 0 Å². The average molecular weight is 277 g/mol. The summed E-state index contributed by atoms with van der Waals surface area (Å²) in [6.07, 6.45) is 1.10. The molecule has 0 unspecified atom stereocenters. The second kappa shape index (κ2) is 6.75. The van der Waals surface area contributed by atoms with E-state index in [1.807, 2.05) is 0 Å². The largest absolute Gasteiger partial charge is 0.502 e. The van der Waals surface area contributed by atoms with E-state index in [2.05, 4.69) is 10.1 Å². The van der Waals surface area contributed by atoms with Crippen molar-refractivity contribution >= 4 is 17.3 Å². The predicted octanol–water partition coefficient (Wildman–Crippen LogP) is 1.68. The maximum Gasteiger partial charge on any atom is 0.350 e. The summed E-state index contributed by atoms with van der Waals surface area (Å²) in [6, 6.07) is 5.19. The van der Waals surface area contributed by atoms with Crippen LogP contribution in [-0.4, -0.2) is 22.6 Å². The van der Waals surface area contributed by atoms with Gasteiger partial charge >= 0.3 is 11.7 Å². The number of nitriles is 1. The molecule has 0 aliphatic heterocycles. The van der Waals surface area contributed by atoms with Gasteiger partial charge in [0.2, 0.25) is 0 Å². The molecule has 0 aliphatic carbocycles. The first kappa shape index (κ1) is 15.0. The van der Waals surface area contributed by atoms with Crippen LogP contribution in [0.1, 0.15) is 6.92 Å². The molecule has 8 heteroatoms. The average Bonchev–Trinajstić information content (AvgIpc) is 2.39. The van der Waals surface area contributed by atoms with Gasteiger partial charge in [-0.25, -0.2) is 4.79 Å². The number of esters is 1. The van der Waals surface area contributed by atoms with Crippen LogP contribution in [0.2, 0.25) is 0 Å². The number of nitro groups is 1. The van der Waals surface area contributed by atoms with Gasteiger partial charge in [-0.1, -0.05) is 0 Å². The second-order valence-corrected chi connectivity index (χ2v) is 3.50. The Morgan fingerprint density at radius 1 is 1.65 bits per heavy atom. The Labute approximate surface area is 114 Å². The molecule has 0 atom stereocenters. The monoisotopic (exact) mass is 277 g/mol. The molecule has 0 bridgehead atoms. The number of phenols is 1. The van der Waals surface area contributed by atoms with Gasteiger partial charge in [-0.15, -0.1) is 0 Å². The minimum atomic E-state index is -0.784. The highest BCUT2D eigenvalue weighted by molar-refractivity contribution is 5.93. The quantitative estimate of drug-likeness (QED) is 0.275. The molecular weight excluding hydrogens is 266 g/mol. The fraction of sp³-hybridized carbons (Fsp3) is 0.167. The molecule has 1 rings (SSSR count). The lowest BCUT2D eigenvalue weighted by Gasteiger charge is -2.03. The van der Waals surface area contributed by atoms with Crippen LogP contribution in [0.25, 0.3) is 0 Å². The number of rotatable bonds is 5. The Hall–Kier alpha value is -3.08. The van der Waals surface area contributed by atoms with Crippen molar-refractivity contribution in [3.63, 3.8) is 0 Å². The Morgan fingerprint density at radius 2 is 2.35 bits per heavy atom. The van der Waals surface area contributed by atoms with E-state index >= 15 is 0 Å². The topological polar surface area (TPSA) is 125 Å². The minimum absolute atomic E-state index is 0.135. The lowest BCUT2D eigenvalue weighted by molar-refractivity contribution is -0.385. The van der Waals surface area contributed by atoms with Crippen molar-refractivity contribution < 1.29 is 19.6 Å². The fourth-order valence-corrected chi connectivity index (χ4v) is 1.27. The zero-order chi connectivity index (χ0) is 15.1. The van der Waals surface area contributed by atoms with Crippen LogP contribution in [0.15, 0.2) is 30.0 Å². The number of nitrogens with zero attached hydrogens (tertiary/aromatic N) is 2. The predicted molar refractivity (Wildman–Crippen MR) is 68.7 cm³/mol. The highest BCUT2D eigenvalue weighted by Gasteiger charge is 2.13. The zero-order valence-electron chi connectivity index (χ0n) is 10.5. The number of phenolic OH excluding ortho intramolecular Hbond substituents is 1. The van der Waals surface area contributed by atoms with Crippen molar-refractivity contribution in [2.75, 3.05) is 11.9 Å². The first-order valence-electron chi connectivity index (χ1n) is 5.51. The van der Waals surface area contributed by atoms with Crippen molar-refractivity contribution in [2.24, 2.45) is 0 Å². The third-order valence-electron chi connectivity index (χ3n) is 2.17. The molecule has 0 saturated carbocycles. The molecule has 20 heavy (non-hydrogen) atoms. The molecule has 104 valence electrons. The summed E-state index contributed by atoms with van der Waals surface area (Å²) in [5.41, 5.74) is -0.416. The number of hydrogen-bond donors (Lipinski definition) is 2. The van der Waals surface area contributed by atoms with Gasteiger partial charge in [0.05, 0.1) is 11.5 Å². The molecule has 1 aromatic carbocycles. The molecule has 0 fully saturated rings. The fourth-order valence-electron chi connectivity index (χ4n) is 1.27. The number of anilines is 1. The van der Waals surface area contributed by atoms with Gasteiger partial charge in [-0.3, -0.25) is 10.1 Å². The molecule has 0 amide bonds. The van der Waals surface area contributed by atoms with Crippen molar-refractivity contribution in [3.8, 4) is 11.8 Å². The van der Waals surface area contributed by atoms with Crippen LogP contribution in [0.5, 0.6) is 5.75 Å². The summed E-state index contributed by atoms with van der Waals surface area (Å²) in [7, 11) is 0. The third-order valence-corrected chi connectivity index (χ3v) is 2.17. The Balaban J connectivity index is 2.89. The van der Waals surface area contributed by atoms with E-state index in [-0.39, 0.29) is 17.9 Å². The maximum atomic E-state index is 11.3. The summed E-state index contributed by atoms with van der Waals surface area (Å²) in [5.74, 6) is -1.31. The van der Waals surface area contributed by atoms with Crippen LogP contribution < -0.4 is 5.32 Å². The van der Waals surface area contributed by atoms with Crippen molar-refractivity contribution in [3.05, 3.63) is 40.1 Å². The minimum Gasteiger partial charge on any atom is -0.502 e. The van der Waals surface area contributed by atoms with Crippen LogP contribution in [0, 0.1) is 21.4 Å². The summed E-state index contributed by atoms with van der Waals surface area (Å²) in [4.78, 5) is 21.1. The number of benzene rings is 1. The third kappa shape index (κ3) is 3.71.